The van der Waals surface area contributed by atoms with Gasteiger partial charge in [0.15, 0.2) is 0 Å². The number of nitrogens with one attached hydrogen (secondary N) is 2. The Morgan fingerprint density at radius 3 is 2.46 bits per heavy atom. The number of nitrogens with zero attached hydrogens (tertiary/aromatic N) is 2. The molecule has 8 nitrogen and oxygen atoms in total. The van der Waals surface area contributed by atoms with Crippen molar-refractivity contribution in [2.45, 2.75) is 88.8 Å². The number of hydrogen-bond donors (Lipinski definition) is 3. The van der Waals surface area contributed by atoms with Gasteiger partial charge in [0.1, 0.15) is 11.6 Å². The molecule has 8 heteroatoms. The number of carbonyl (C=O) groups is 3. The Kier molecular flexibility index (Phi) is 9.60. The zero-order valence-electron chi connectivity index (χ0n) is 22.3. The highest BCUT2D eigenvalue weighted by atomic mass is 16.3. The highest BCUT2D eigenvalue weighted by molar-refractivity contribution is 6.00. The summed E-state index contributed by atoms with van der Waals surface area (Å²) >= 11 is 0. The van der Waals surface area contributed by atoms with Gasteiger partial charge in [0.25, 0.3) is 5.91 Å². The van der Waals surface area contributed by atoms with Crippen LogP contribution >= 0.6 is 0 Å². The van der Waals surface area contributed by atoms with Gasteiger partial charge in [0.2, 0.25) is 11.8 Å². The van der Waals surface area contributed by atoms with E-state index in [-0.39, 0.29) is 23.6 Å². The molecule has 2 aliphatic heterocycles. The van der Waals surface area contributed by atoms with Crippen molar-refractivity contribution in [3.63, 3.8) is 0 Å². The minimum Gasteiger partial charge on any atom is -0.390 e. The third-order valence-electron chi connectivity index (χ3n) is 8.62. The Balaban J connectivity index is 1.32. The summed E-state index contributed by atoms with van der Waals surface area (Å²) in [4.78, 5) is 43.7. The third-order valence-corrected chi connectivity index (χ3v) is 8.62. The average molecular weight is 513 g/mol. The van der Waals surface area contributed by atoms with Crippen molar-refractivity contribution in [3.8, 4) is 0 Å². The minimum absolute atomic E-state index is 0.0629. The van der Waals surface area contributed by atoms with Gasteiger partial charge in [0, 0.05) is 31.7 Å². The van der Waals surface area contributed by atoms with Crippen molar-refractivity contribution >= 4 is 17.7 Å². The Bertz CT molecular complexity index is 910. The fourth-order valence-corrected chi connectivity index (χ4v) is 6.30. The van der Waals surface area contributed by atoms with E-state index in [0.717, 1.165) is 64.6 Å². The Labute approximate surface area is 221 Å². The van der Waals surface area contributed by atoms with E-state index in [4.69, 9.17) is 0 Å². The summed E-state index contributed by atoms with van der Waals surface area (Å²) in [6.07, 6.45) is 8.15. The third kappa shape index (κ3) is 6.34. The van der Waals surface area contributed by atoms with Gasteiger partial charge in [-0.1, -0.05) is 50.8 Å². The lowest BCUT2D eigenvalue weighted by molar-refractivity contribution is -0.165. The van der Waals surface area contributed by atoms with Crippen LogP contribution in [-0.2, 0) is 9.59 Å². The molecule has 0 aromatic heterocycles. The van der Waals surface area contributed by atoms with E-state index < -0.39 is 17.7 Å². The number of likely N-dealkylation sites (tertiary alicyclic amines) is 1. The minimum atomic E-state index is -0.829. The molecule has 1 aromatic carbocycles. The second-order valence-corrected chi connectivity index (χ2v) is 11.0. The van der Waals surface area contributed by atoms with Crippen LogP contribution in [0.2, 0.25) is 0 Å². The molecular formula is C29H44N4O4. The molecule has 204 valence electrons. The molecule has 37 heavy (non-hydrogen) atoms. The number of aliphatic hydroxyl groups is 1. The van der Waals surface area contributed by atoms with E-state index in [9.17, 15) is 19.5 Å². The van der Waals surface area contributed by atoms with E-state index in [2.05, 4.69) is 22.5 Å². The van der Waals surface area contributed by atoms with Gasteiger partial charge in [-0.05, 0) is 63.1 Å². The maximum atomic E-state index is 13.7. The fraction of sp³-hybridized carbons (Fsp3) is 0.690. The number of hydrogen-bond acceptors (Lipinski definition) is 5. The van der Waals surface area contributed by atoms with Crippen LogP contribution in [0.4, 0.5) is 0 Å². The SMILES string of the molecule is CCCCN1C(=O)[C@@H]([C@H](O)C2CCCCC2)NC(=O)C12CCN(CCCNC(=O)c1ccccc1)CC2. The fourth-order valence-electron chi connectivity index (χ4n) is 6.30. The van der Waals surface area contributed by atoms with Crippen LogP contribution < -0.4 is 10.6 Å². The molecule has 1 aromatic rings. The molecule has 0 radical (unpaired) electrons. The van der Waals surface area contributed by atoms with Gasteiger partial charge < -0.3 is 25.5 Å². The quantitative estimate of drug-likeness (QED) is 0.419. The van der Waals surface area contributed by atoms with Gasteiger partial charge in [-0.15, -0.1) is 0 Å². The van der Waals surface area contributed by atoms with E-state index in [1.54, 1.807) is 12.1 Å². The molecule has 1 saturated carbocycles. The first-order chi connectivity index (χ1) is 18.0. The van der Waals surface area contributed by atoms with E-state index in [1.165, 1.54) is 6.42 Å². The zero-order valence-corrected chi connectivity index (χ0v) is 22.3. The van der Waals surface area contributed by atoms with Crippen LogP contribution in [0.3, 0.4) is 0 Å². The highest BCUT2D eigenvalue weighted by Gasteiger charge is 2.55. The van der Waals surface area contributed by atoms with Crippen molar-refractivity contribution < 1.29 is 19.5 Å². The molecule has 3 amide bonds. The average Bonchev–Trinajstić information content (AvgIpc) is 2.94. The van der Waals surface area contributed by atoms with E-state index in [0.29, 0.717) is 31.5 Å². The smallest absolute Gasteiger partial charge is 0.251 e. The molecule has 3 fully saturated rings. The number of piperazine rings is 1. The lowest BCUT2D eigenvalue weighted by Gasteiger charge is -2.52. The van der Waals surface area contributed by atoms with Crippen molar-refractivity contribution in [2.75, 3.05) is 32.7 Å². The number of benzene rings is 1. The standard InChI is InChI=1S/C29H44N4O4/c1-2-3-19-33-27(36)24(25(34)22-11-6-4-7-12-22)31-28(37)29(33)15-20-32(21-16-29)18-10-17-30-26(35)23-13-8-5-9-14-23/h5,8-9,13-14,22,24-25,34H,2-4,6-7,10-12,15-21H2,1H3,(H,30,35)(H,31,37)/t24-,25-/m1/s1. The molecular weight excluding hydrogens is 468 g/mol. The molecule has 1 aliphatic carbocycles. The first-order valence-electron chi connectivity index (χ1n) is 14.3. The summed E-state index contributed by atoms with van der Waals surface area (Å²) in [5, 5.41) is 17.0. The molecule has 0 bridgehead atoms. The number of amides is 3. The van der Waals surface area contributed by atoms with Crippen LogP contribution in [0, 0.1) is 5.92 Å². The molecule has 2 saturated heterocycles. The van der Waals surface area contributed by atoms with Crippen LogP contribution in [0.25, 0.3) is 0 Å². The molecule has 4 rings (SSSR count). The van der Waals surface area contributed by atoms with Gasteiger partial charge in [-0.3, -0.25) is 14.4 Å². The Morgan fingerprint density at radius 1 is 1.08 bits per heavy atom. The van der Waals surface area contributed by atoms with Crippen molar-refractivity contribution in [1.82, 2.24) is 20.4 Å². The van der Waals surface area contributed by atoms with Gasteiger partial charge in [-0.25, -0.2) is 0 Å². The van der Waals surface area contributed by atoms with Crippen molar-refractivity contribution in [1.29, 1.82) is 0 Å². The number of aliphatic hydroxyl groups excluding tert-OH is 1. The van der Waals surface area contributed by atoms with Crippen LogP contribution in [0.1, 0.15) is 81.5 Å². The lowest BCUT2D eigenvalue weighted by atomic mass is 9.78. The largest absolute Gasteiger partial charge is 0.390 e. The highest BCUT2D eigenvalue weighted by Crippen LogP contribution is 2.36. The Hall–Kier alpha value is -2.45. The van der Waals surface area contributed by atoms with E-state index >= 15 is 0 Å². The summed E-state index contributed by atoms with van der Waals surface area (Å²) in [6, 6.07) is 8.38. The number of carbonyl (C=O) groups excluding carboxylic acids is 3. The number of rotatable bonds is 10. The monoisotopic (exact) mass is 512 g/mol. The van der Waals surface area contributed by atoms with Gasteiger partial charge in [0.05, 0.1) is 6.10 Å². The topological polar surface area (TPSA) is 102 Å². The summed E-state index contributed by atoms with van der Waals surface area (Å²) in [7, 11) is 0. The zero-order chi connectivity index (χ0) is 26.3. The normalized spacial score (nSPS) is 23.6. The first kappa shape index (κ1) is 27.6. The number of piperidine rings is 1. The molecule has 3 N–H and O–H groups in total. The maximum Gasteiger partial charge on any atom is 0.251 e. The van der Waals surface area contributed by atoms with Crippen LogP contribution in [0.15, 0.2) is 30.3 Å². The van der Waals surface area contributed by atoms with Crippen LogP contribution in [0.5, 0.6) is 0 Å². The molecule has 2 atom stereocenters. The summed E-state index contributed by atoms with van der Waals surface area (Å²) in [5.41, 5.74) is -0.165. The van der Waals surface area contributed by atoms with Crippen molar-refractivity contribution in [2.24, 2.45) is 5.92 Å². The van der Waals surface area contributed by atoms with Crippen LogP contribution in [-0.4, -0.2) is 83.0 Å². The molecule has 1 spiro atoms. The number of unbranched alkanes of at least 4 members (excludes halogenated alkanes) is 1. The molecule has 3 aliphatic rings. The second kappa shape index (κ2) is 12.9. The molecule has 2 heterocycles. The van der Waals surface area contributed by atoms with E-state index in [1.807, 2.05) is 23.1 Å². The second-order valence-electron chi connectivity index (χ2n) is 11.0. The van der Waals surface area contributed by atoms with Crippen molar-refractivity contribution in [3.05, 3.63) is 35.9 Å². The lowest BCUT2D eigenvalue weighted by Crippen LogP contribution is -2.75. The molecule has 0 unspecified atom stereocenters. The first-order valence-corrected chi connectivity index (χ1v) is 14.3. The van der Waals surface area contributed by atoms with Gasteiger partial charge in [-0.2, -0.15) is 0 Å². The predicted molar refractivity (Wildman–Crippen MR) is 143 cm³/mol. The maximum absolute atomic E-state index is 13.7. The summed E-state index contributed by atoms with van der Waals surface area (Å²) in [5.74, 6) is -0.192. The predicted octanol–water partition coefficient (Wildman–Crippen LogP) is 2.71. The summed E-state index contributed by atoms with van der Waals surface area (Å²) in [6.45, 7) is 5.53. The Morgan fingerprint density at radius 2 is 1.78 bits per heavy atom. The summed E-state index contributed by atoms with van der Waals surface area (Å²) < 4.78 is 0. The van der Waals surface area contributed by atoms with Gasteiger partial charge >= 0.3 is 0 Å².